The lowest BCUT2D eigenvalue weighted by molar-refractivity contribution is -0.131. The lowest BCUT2D eigenvalue weighted by Crippen LogP contribution is -2.37. The lowest BCUT2D eigenvalue weighted by Gasteiger charge is -2.16. The monoisotopic (exact) mass is 156 g/mol. The SMILES string of the molecule is C[C@@H]1OC=N[C@@H]1C(=O)N(C)C. The summed E-state index contributed by atoms with van der Waals surface area (Å²) in [6, 6.07) is -0.343. The van der Waals surface area contributed by atoms with Crippen LogP contribution in [-0.4, -0.2) is 43.4 Å². The molecule has 0 aliphatic carbocycles. The topological polar surface area (TPSA) is 41.9 Å². The van der Waals surface area contributed by atoms with E-state index in [1.54, 1.807) is 14.1 Å². The van der Waals surface area contributed by atoms with Gasteiger partial charge in [0.2, 0.25) is 0 Å². The summed E-state index contributed by atoms with van der Waals surface area (Å²) in [6.45, 7) is 1.83. The van der Waals surface area contributed by atoms with E-state index in [4.69, 9.17) is 4.74 Å². The molecule has 1 rings (SSSR count). The standard InChI is InChI=1S/C7H12N2O2/c1-5-6(8-4-11-5)7(10)9(2)3/h4-6H,1-3H3/t5-,6-/m0/s1. The number of likely N-dealkylation sites (N-methyl/N-ethyl adjacent to an activating group) is 1. The molecule has 4 nitrogen and oxygen atoms in total. The lowest BCUT2D eigenvalue weighted by atomic mass is 10.2. The Kier molecular flexibility index (Phi) is 2.12. The van der Waals surface area contributed by atoms with Gasteiger partial charge in [-0.25, -0.2) is 4.99 Å². The van der Waals surface area contributed by atoms with Gasteiger partial charge in [-0.05, 0) is 6.92 Å². The fourth-order valence-electron chi connectivity index (χ4n) is 0.921. The summed E-state index contributed by atoms with van der Waals surface area (Å²) in [5.41, 5.74) is 0. The fourth-order valence-corrected chi connectivity index (χ4v) is 0.921. The van der Waals surface area contributed by atoms with Crippen LogP contribution in [0.4, 0.5) is 0 Å². The number of rotatable bonds is 1. The molecule has 11 heavy (non-hydrogen) atoms. The molecule has 0 fully saturated rings. The molecule has 0 N–H and O–H groups in total. The van der Waals surface area contributed by atoms with Crippen LogP contribution >= 0.6 is 0 Å². The summed E-state index contributed by atoms with van der Waals surface area (Å²) in [4.78, 5) is 16.7. The molecule has 0 aromatic rings. The molecule has 4 heteroatoms. The van der Waals surface area contributed by atoms with Crippen LogP contribution in [-0.2, 0) is 9.53 Å². The van der Waals surface area contributed by atoms with Gasteiger partial charge in [-0.3, -0.25) is 4.79 Å². The Labute approximate surface area is 65.9 Å². The third-order valence-electron chi connectivity index (χ3n) is 1.64. The van der Waals surface area contributed by atoms with Gasteiger partial charge in [0.1, 0.15) is 6.10 Å². The van der Waals surface area contributed by atoms with Gasteiger partial charge in [0.15, 0.2) is 12.4 Å². The van der Waals surface area contributed by atoms with Crippen molar-refractivity contribution in [1.82, 2.24) is 4.90 Å². The van der Waals surface area contributed by atoms with Crippen LogP contribution in [0.15, 0.2) is 4.99 Å². The van der Waals surface area contributed by atoms with Gasteiger partial charge in [0.05, 0.1) is 0 Å². The zero-order valence-corrected chi connectivity index (χ0v) is 6.94. The van der Waals surface area contributed by atoms with E-state index in [0.29, 0.717) is 0 Å². The van der Waals surface area contributed by atoms with E-state index in [2.05, 4.69) is 4.99 Å². The summed E-state index contributed by atoms with van der Waals surface area (Å²) in [7, 11) is 3.42. The highest BCUT2D eigenvalue weighted by Gasteiger charge is 2.29. The molecule has 1 heterocycles. The van der Waals surface area contributed by atoms with Crippen LogP contribution < -0.4 is 0 Å². The van der Waals surface area contributed by atoms with Crippen molar-refractivity contribution in [2.45, 2.75) is 19.1 Å². The highest BCUT2D eigenvalue weighted by molar-refractivity contribution is 5.84. The van der Waals surface area contributed by atoms with Crippen molar-refractivity contribution >= 4 is 12.3 Å². The average Bonchev–Trinajstić information content (AvgIpc) is 2.33. The Hall–Kier alpha value is -1.06. The van der Waals surface area contributed by atoms with E-state index in [1.165, 1.54) is 11.3 Å². The molecule has 0 bridgehead atoms. The molecule has 62 valence electrons. The van der Waals surface area contributed by atoms with Crippen LogP contribution in [0, 0.1) is 0 Å². The molecule has 1 aliphatic rings. The van der Waals surface area contributed by atoms with E-state index >= 15 is 0 Å². The maximum Gasteiger partial charge on any atom is 0.250 e. The van der Waals surface area contributed by atoms with Crippen molar-refractivity contribution in [1.29, 1.82) is 0 Å². The Morgan fingerprint density at radius 2 is 2.27 bits per heavy atom. The Morgan fingerprint density at radius 3 is 2.64 bits per heavy atom. The van der Waals surface area contributed by atoms with E-state index in [1.807, 2.05) is 6.92 Å². The van der Waals surface area contributed by atoms with Gasteiger partial charge >= 0.3 is 0 Å². The van der Waals surface area contributed by atoms with Crippen molar-refractivity contribution in [3.05, 3.63) is 0 Å². The van der Waals surface area contributed by atoms with E-state index in [9.17, 15) is 4.79 Å². The average molecular weight is 156 g/mol. The van der Waals surface area contributed by atoms with Crippen molar-refractivity contribution in [2.75, 3.05) is 14.1 Å². The predicted octanol–water partition coefficient (Wildman–Crippen LogP) is -0.110. The summed E-state index contributed by atoms with van der Waals surface area (Å²) in [5.74, 6) is -0.00810. The Morgan fingerprint density at radius 1 is 1.64 bits per heavy atom. The number of aliphatic imine (C=N–C) groups is 1. The molecule has 0 radical (unpaired) electrons. The smallest absolute Gasteiger partial charge is 0.250 e. The minimum absolute atomic E-state index is 0.00810. The second kappa shape index (κ2) is 2.90. The van der Waals surface area contributed by atoms with Crippen LogP contribution in [0.1, 0.15) is 6.92 Å². The Balaban J connectivity index is 2.60. The van der Waals surface area contributed by atoms with E-state index in [0.717, 1.165) is 0 Å². The maximum absolute atomic E-state index is 11.3. The van der Waals surface area contributed by atoms with Crippen molar-refractivity contribution in [3.8, 4) is 0 Å². The number of carbonyl (C=O) groups is 1. The molecular formula is C7H12N2O2. The largest absolute Gasteiger partial charge is 0.478 e. The summed E-state index contributed by atoms with van der Waals surface area (Å²) in [6.07, 6.45) is 1.22. The van der Waals surface area contributed by atoms with Crippen molar-refractivity contribution in [3.63, 3.8) is 0 Å². The Bertz CT molecular complexity index is 189. The first kappa shape index (κ1) is 8.04. The maximum atomic E-state index is 11.3. The molecule has 0 aromatic heterocycles. The first-order valence-corrected chi connectivity index (χ1v) is 3.51. The van der Waals surface area contributed by atoms with Gasteiger partial charge in [0, 0.05) is 14.1 Å². The predicted molar refractivity (Wildman–Crippen MR) is 41.5 cm³/mol. The molecule has 0 unspecified atom stereocenters. The quantitative estimate of drug-likeness (QED) is 0.531. The number of carbonyl (C=O) groups excluding carboxylic acids is 1. The molecule has 0 saturated heterocycles. The summed E-state index contributed by atoms with van der Waals surface area (Å²) < 4.78 is 5.00. The highest BCUT2D eigenvalue weighted by atomic mass is 16.5. The van der Waals surface area contributed by atoms with Gasteiger partial charge in [-0.1, -0.05) is 0 Å². The van der Waals surface area contributed by atoms with Gasteiger partial charge < -0.3 is 9.64 Å². The molecule has 0 aromatic carbocycles. The second-order valence-electron chi connectivity index (χ2n) is 2.77. The van der Waals surface area contributed by atoms with Crippen molar-refractivity contribution < 1.29 is 9.53 Å². The number of nitrogens with zero attached hydrogens (tertiary/aromatic N) is 2. The van der Waals surface area contributed by atoms with Crippen molar-refractivity contribution in [2.24, 2.45) is 4.99 Å². The van der Waals surface area contributed by atoms with Crippen LogP contribution in [0.2, 0.25) is 0 Å². The number of amides is 1. The zero-order chi connectivity index (χ0) is 8.43. The molecule has 1 aliphatic heterocycles. The molecule has 0 spiro atoms. The van der Waals surface area contributed by atoms with E-state index < -0.39 is 0 Å². The molecule has 1 amide bonds. The van der Waals surface area contributed by atoms with E-state index in [-0.39, 0.29) is 18.1 Å². The highest BCUT2D eigenvalue weighted by Crippen LogP contribution is 2.10. The zero-order valence-electron chi connectivity index (χ0n) is 6.94. The summed E-state index contributed by atoms with van der Waals surface area (Å²) >= 11 is 0. The molecule has 0 saturated carbocycles. The second-order valence-corrected chi connectivity index (χ2v) is 2.77. The molecule has 2 atom stereocenters. The third-order valence-corrected chi connectivity index (χ3v) is 1.64. The van der Waals surface area contributed by atoms with Crippen LogP contribution in [0.3, 0.4) is 0 Å². The number of hydrogen-bond donors (Lipinski definition) is 0. The third kappa shape index (κ3) is 1.50. The normalized spacial score (nSPS) is 28.3. The first-order chi connectivity index (χ1) is 5.13. The first-order valence-electron chi connectivity index (χ1n) is 3.51. The minimum Gasteiger partial charge on any atom is -0.478 e. The molecular weight excluding hydrogens is 144 g/mol. The van der Waals surface area contributed by atoms with Crippen LogP contribution in [0.25, 0.3) is 0 Å². The van der Waals surface area contributed by atoms with Gasteiger partial charge in [-0.15, -0.1) is 0 Å². The fraction of sp³-hybridized carbons (Fsp3) is 0.714. The number of ether oxygens (including phenoxy) is 1. The summed E-state index contributed by atoms with van der Waals surface area (Å²) in [5, 5.41) is 0. The van der Waals surface area contributed by atoms with Gasteiger partial charge in [-0.2, -0.15) is 0 Å². The minimum atomic E-state index is -0.343. The number of hydrogen-bond acceptors (Lipinski definition) is 3. The van der Waals surface area contributed by atoms with Crippen LogP contribution in [0.5, 0.6) is 0 Å². The van der Waals surface area contributed by atoms with Gasteiger partial charge in [0.25, 0.3) is 5.91 Å².